The Bertz CT molecular complexity index is 518. The predicted octanol–water partition coefficient (Wildman–Crippen LogP) is 1.37. The average Bonchev–Trinajstić information content (AvgIpc) is 2.77. The first-order valence-electron chi connectivity index (χ1n) is 6.26. The quantitative estimate of drug-likeness (QED) is 0.755. The summed E-state index contributed by atoms with van der Waals surface area (Å²) in [5.74, 6) is 0.0215. The van der Waals surface area contributed by atoms with Crippen molar-refractivity contribution >= 4 is 16.8 Å². The molecule has 2 rings (SSSR count). The number of hydrogen-bond acceptors (Lipinski definition) is 2. The van der Waals surface area contributed by atoms with Gasteiger partial charge in [-0.3, -0.25) is 4.79 Å². The van der Waals surface area contributed by atoms with Crippen molar-refractivity contribution in [2.45, 2.75) is 13.5 Å². The highest BCUT2D eigenvalue weighted by Crippen LogP contribution is 2.14. The third-order valence-corrected chi connectivity index (χ3v) is 2.89. The van der Waals surface area contributed by atoms with Crippen LogP contribution in [0.3, 0.4) is 0 Å². The second kappa shape index (κ2) is 6.21. The van der Waals surface area contributed by atoms with E-state index in [0.717, 1.165) is 19.6 Å². The maximum absolute atomic E-state index is 10.7. The summed E-state index contributed by atoms with van der Waals surface area (Å²) < 4.78 is 2.24. The SMILES string of the molecule is CC(=O)NCCNCCn1ccc2ccccc21. The highest BCUT2D eigenvalue weighted by atomic mass is 16.1. The molecule has 1 aromatic heterocycles. The molecule has 0 atom stereocenters. The number of carbonyl (C=O) groups excluding carboxylic acids is 1. The van der Waals surface area contributed by atoms with Gasteiger partial charge >= 0.3 is 0 Å². The van der Waals surface area contributed by atoms with E-state index in [1.807, 2.05) is 0 Å². The minimum Gasteiger partial charge on any atom is -0.355 e. The van der Waals surface area contributed by atoms with Gasteiger partial charge in [0.2, 0.25) is 5.91 Å². The lowest BCUT2D eigenvalue weighted by molar-refractivity contribution is -0.118. The van der Waals surface area contributed by atoms with Crippen molar-refractivity contribution in [3.05, 3.63) is 36.5 Å². The van der Waals surface area contributed by atoms with Crippen LogP contribution in [0.5, 0.6) is 0 Å². The normalized spacial score (nSPS) is 10.7. The molecule has 0 aliphatic rings. The highest BCUT2D eigenvalue weighted by Gasteiger charge is 1.98. The Kier molecular flexibility index (Phi) is 4.36. The van der Waals surface area contributed by atoms with Crippen molar-refractivity contribution in [3.8, 4) is 0 Å². The first-order valence-corrected chi connectivity index (χ1v) is 6.26. The molecule has 2 aromatic rings. The van der Waals surface area contributed by atoms with Crippen LogP contribution in [0.4, 0.5) is 0 Å². The number of nitrogens with zero attached hydrogens (tertiary/aromatic N) is 1. The van der Waals surface area contributed by atoms with E-state index in [2.05, 4.69) is 51.7 Å². The zero-order chi connectivity index (χ0) is 12.8. The molecule has 0 aliphatic carbocycles. The number of rotatable bonds is 6. The van der Waals surface area contributed by atoms with Gasteiger partial charge in [0.15, 0.2) is 0 Å². The molecular weight excluding hydrogens is 226 g/mol. The number of aromatic nitrogens is 1. The van der Waals surface area contributed by atoms with Gasteiger partial charge in [0.05, 0.1) is 0 Å². The number of fused-ring (bicyclic) bond motifs is 1. The van der Waals surface area contributed by atoms with Gasteiger partial charge in [-0.15, -0.1) is 0 Å². The first-order chi connectivity index (χ1) is 8.77. The zero-order valence-corrected chi connectivity index (χ0v) is 10.6. The highest BCUT2D eigenvalue weighted by molar-refractivity contribution is 5.79. The largest absolute Gasteiger partial charge is 0.355 e. The van der Waals surface area contributed by atoms with E-state index in [1.165, 1.54) is 17.8 Å². The summed E-state index contributed by atoms with van der Waals surface area (Å²) in [6.07, 6.45) is 2.11. The van der Waals surface area contributed by atoms with Crippen LogP contribution in [0.25, 0.3) is 10.9 Å². The van der Waals surface area contributed by atoms with Crippen molar-refractivity contribution in [1.82, 2.24) is 15.2 Å². The molecule has 4 heteroatoms. The number of nitrogens with one attached hydrogen (secondary N) is 2. The summed E-state index contributed by atoms with van der Waals surface area (Å²) >= 11 is 0. The molecule has 1 aromatic carbocycles. The number of amides is 1. The molecule has 0 radical (unpaired) electrons. The van der Waals surface area contributed by atoms with Crippen molar-refractivity contribution < 1.29 is 4.79 Å². The molecule has 1 amide bonds. The van der Waals surface area contributed by atoms with Crippen LogP contribution in [-0.4, -0.2) is 30.1 Å². The van der Waals surface area contributed by atoms with Crippen LogP contribution >= 0.6 is 0 Å². The van der Waals surface area contributed by atoms with Gasteiger partial charge in [-0.1, -0.05) is 18.2 Å². The first kappa shape index (κ1) is 12.6. The van der Waals surface area contributed by atoms with E-state index in [-0.39, 0.29) is 5.91 Å². The van der Waals surface area contributed by atoms with Crippen LogP contribution in [0.15, 0.2) is 36.5 Å². The Labute approximate surface area is 107 Å². The maximum Gasteiger partial charge on any atom is 0.216 e. The van der Waals surface area contributed by atoms with Gasteiger partial charge in [0.25, 0.3) is 0 Å². The molecule has 0 saturated carbocycles. The van der Waals surface area contributed by atoms with E-state index in [4.69, 9.17) is 0 Å². The summed E-state index contributed by atoms with van der Waals surface area (Å²) in [6.45, 7) is 4.86. The Morgan fingerprint density at radius 1 is 1.17 bits per heavy atom. The fourth-order valence-corrected chi connectivity index (χ4v) is 1.99. The molecule has 96 valence electrons. The lowest BCUT2D eigenvalue weighted by Gasteiger charge is -2.07. The van der Waals surface area contributed by atoms with Crippen LogP contribution in [-0.2, 0) is 11.3 Å². The second-order valence-electron chi connectivity index (χ2n) is 4.30. The van der Waals surface area contributed by atoms with Crippen LogP contribution in [0.2, 0.25) is 0 Å². The number of hydrogen-bond donors (Lipinski definition) is 2. The molecule has 0 fully saturated rings. The summed E-state index contributed by atoms with van der Waals surface area (Å²) in [5, 5.41) is 7.34. The summed E-state index contributed by atoms with van der Waals surface area (Å²) in [6, 6.07) is 10.5. The van der Waals surface area contributed by atoms with E-state index >= 15 is 0 Å². The molecule has 4 nitrogen and oxygen atoms in total. The van der Waals surface area contributed by atoms with Crippen LogP contribution in [0, 0.1) is 0 Å². The molecule has 2 N–H and O–H groups in total. The van der Waals surface area contributed by atoms with E-state index in [1.54, 1.807) is 0 Å². The molecule has 0 aliphatic heterocycles. The summed E-state index contributed by atoms with van der Waals surface area (Å²) in [5.41, 5.74) is 1.26. The van der Waals surface area contributed by atoms with Gasteiger partial charge in [-0.05, 0) is 17.5 Å². The predicted molar refractivity (Wildman–Crippen MR) is 73.5 cm³/mol. The molecule has 0 unspecified atom stereocenters. The molecular formula is C14H19N3O. The smallest absolute Gasteiger partial charge is 0.216 e. The minimum atomic E-state index is 0.0215. The topological polar surface area (TPSA) is 46.1 Å². The average molecular weight is 245 g/mol. The van der Waals surface area contributed by atoms with Crippen LogP contribution in [0.1, 0.15) is 6.92 Å². The Hall–Kier alpha value is -1.81. The Morgan fingerprint density at radius 3 is 2.83 bits per heavy atom. The van der Waals surface area contributed by atoms with E-state index in [9.17, 15) is 4.79 Å². The molecule has 0 spiro atoms. The third-order valence-electron chi connectivity index (χ3n) is 2.89. The van der Waals surface area contributed by atoms with Gasteiger partial charge in [-0.25, -0.2) is 0 Å². The molecule has 0 saturated heterocycles. The van der Waals surface area contributed by atoms with Crippen LogP contribution < -0.4 is 10.6 Å². The number of para-hydroxylation sites is 1. The summed E-state index contributed by atoms with van der Waals surface area (Å²) in [4.78, 5) is 10.7. The molecule has 18 heavy (non-hydrogen) atoms. The van der Waals surface area contributed by atoms with Crippen molar-refractivity contribution in [2.24, 2.45) is 0 Å². The van der Waals surface area contributed by atoms with Gasteiger partial charge in [0.1, 0.15) is 0 Å². The molecule has 0 bridgehead atoms. The standard InChI is InChI=1S/C14H19N3O/c1-12(18)16-8-7-15-9-11-17-10-6-13-4-2-3-5-14(13)17/h2-6,10,15H,7-9,11H2,1H3,(H,16,18). The maximum atomic E-state index is 10.7. The van der Waals surface area contributed by atoms with Crippen molar-refractivity contribution in [3.63, 3.8) is 0 Å². The lowest BCUT2D eigenvalue weighted by Crippen LogP contribution is -2.31. The fraction of sp³-hybridized carbons (Fsp3) is 0.357. The monoisotopic (exact) mass is 245 g/mol. The van der Waals surface area contributed by atoms with Crippen molar-refractivity contribution in [2.75, 3.05) is 19.6 Å². The zero-order valence-electron chi connectivity index (χ0n) is 10.6. The Morgan fingerprint density at radius 2 is 2.00 bits per heavy atom. The van der Waals surface area contributed by atoms with E-state index in [0.29, 0.717) is 6.54 Å². The Balaban J connectivity index is 1.75. The minimum absolute atomic E-state index is 0.0215. The van der Waals surface area contributed by atoms with Crippen molar-refractivity contribution in [1.29, 1.82) is 0 Å². The van der Waals surface area contributed by atoms with Gasteiger partial charge < -0.3 is 15.2 Å². The number of benzene rings is 1. The lowest BCUT2D eigenvalue weighted by atomic mass is 10.2. The molecule has 1 heterocycles. The van der Waals surface area contributed by atoms with Gasteiger partial charge in [-0.2, -0.15) is 0 Å². The fourth-order valence-electron chi connectivity index (χ4n) is 1.99. The number of carbonyl (C=O) groups is 1. The van der Waals surface area contributed by atoms with E-state index < -0.39 is 0 Å². The second-order valence-corrected chi connectivity index (χ2v) is 4.30. The third kappa shape index (κ3) is 3.34. The van der Waals surface area contributed by atoms with Gasteiger partial charge in [0, 0.05) is 44.8 Å². The summed E-state index contributed by atoms with van der Waals surface area (Å²) in [7, 11) is 0.